The second-order valence-electron chi connectivity index (χ2n) is 1.92. The summed E-state index contributed by atoms with van der Waals surface area (Å²) < 4.78 is 0. The summed E-state index contributed by atoms with van der Waals surface area (Å²) in [5.41, 5.74) is 1.14. The van der Waals surface area contributed by atoms with Crippen LogP contribution in [0.3, 0.4) is 0 Å². The van der Waals surface area contributed by atoms with Crippen molar-refractivity contribution in [2.75, 3.05) is 6.66 Å². The SMILES string of the molecule is CPC1CCC1. The van der Waals surface area contributed by atoms with Crippen LogP contribution >= 0.6 is 8.58 Å². The maximum absolute atomic E-state index is 2.31. The first kappa shape index (κ1) is 4.59. The molecular weight excluding hydrogens is 91.0 g/mol. The van der Waals surface area contributed by atoms with Crippen LogP contribution in [0.1, 0.15) is 19.3 Å². The summed E-state index contributed by atoms with van der Waals surface area (Å²) >= 11 is 0. The molecule has 0 spiro atoms. The molecule has 0 radical (unpaired) electrons. The molecule has 0 amide bonds. The van der Waals surface area contributed by atoms with Crippen LogP contribution in [0.5, 0.6) is 0 Å². The first-order chi connectivity index (χ1) is 2.93. The molecule has 1 aliphatic rings. The van der Waals surface area contributed by atoms with E-state index in [2.05, 4.69) is 6.66 Å². The Hall–Kier alpha value is 0.430. The Bertz CT molecular complexity index is 36.4. The van der Waals surface area contributed by atoms with Crippen molar-refractivity contribution in [1.29, 1.82) is 0 Å². The molecule has 6 heavy (non-hydrogen) atoms. The van der Waals surface area contributed by atoms with Crippen LogP contribution in [0.25, 0.3) is 0 Å². The molecule has 0 saturated heterocycles. The van der Waals surface area contributed by atoms with E-state index in [1.54, 1.807) is 0 Å². The predicted octanol–water partition coefficient (Wildman–Crippen LogP) is 1.85. The van der Waals surface area contributed by atoms with Crippen LogP contribution < -0.4 is 0 Å². The lowest BCUT2D eigenvalue weighted by Gasteiger charge is -2.22. The summed E-state index contributed by atoms with van der Waals surface area (Å²) in [5.74, 6) is 0. The van der Waals surface area contributed by atoms with Gasteiger partial charge in [0.15, 0.2) is 0 Å². The second kappa shape index (κ2) is 1.93. The lowest BCUT2D eigenvalue weighted by Crippen LogP contribution is -2.10. The molecule has 1 saturated carbocycles. The van der Waals surface area contributed by atoms with Crippen LogP contribution in [-0.4, -0.2) is 12.3 Å². The van der Waals surface area contributed by atoms with Gasteiger partial charge < -0.3 is 0 Å². The Morgan fingerprint density at radius 1 is 1.50 bits per heavy atom. The van der Waals surface area contributed by atoms with Gasteiger partial charge in [-0.3, -0.25) is 0 Å². The lowest BCUT2D eigenvalue weighted by molar-refractivity contribution is 0.519. The van der Waals surface area contributed by atoms with Gasteiger partial charge in [0.25, 0.3) is 0 Å². The number of hydrogen-bond acceptors (Lipinski definition) is 0. The van der Waals surface area contributed by atoms with Gasteiger partial charge in [-0.25, -0.2) is 0 Å². The average molecular weight is 102 g/mol. The van der Waals surface area contributed by atoms with Gasteiger partial charge in [0.1, 0.15) is 0 Å². The highest BCUT2D eigenvalue weighted by atomic mass is 31.1. The third kappa shape index (κ3) is 0.733. The lowest BCUT2D eigenvalue weighted by atomic mass is 10.00. The monoisotopic (exact) mass is 102 g/mol. The van der Waals surface area contributed by atoms with Crippen molar-refractivity contribution in [3.63, 3.8) is 0 Å². The van der Waals surface area contributed by atoms with Gasteiger partial charge >= 0.3 is 0 Å². The fourth-order valence-corrected chi connectivity index (χ4v) is 1.68. The predicted molar refractivity (Wildman–Crippen MR) is 31.9 cm³/mol. The van der Waals surface area contributed by atoms with Crippen LogP contribution in [0, 0.1) is 0 Å². The zero-order valence-corrected chi connectivity index (χ0v) is 5.20. The first-order valence-corrected chi connectivity index (χ1v) is 4.18. The Balaban J connectivity index is 2.01. The van der Waals surface area contributed by atoms with Gasteiger partial charge in [-0.2, -0.15) is 0 Å². The van der Waals surface area contributed by atoms with E-state index in [0.717, 1.165) is 5.66 Å². The Kier molecular flexibility index (Phi) is 1.48. The van der Waals surface area contributed by atoms with Crippen molar-refractivity contribution in [2.24, 2.45) is 0 Å². The highest BCUT2D eigenvalue weighted by molar-refractivity contribution is 7.38. The molecule has 0 aromatic heterocycles. The van der Waals surface area contributed by atoms with Crippen LogP contribution in [0.4, 0.5) is 0 Å². The van der Waals surface area contributed by atoms with Gasteiger partial charge in [0.2, 0.25) is 0 Å². The van der Waals surface area contributed by atoms with Crippen molar-refractivity contribution in [3.05, 3.63) is 0 Å². The van der Waals surface area contributed by atoms with Gasteiger partial charge in [0.05, 0.1) is 0 Å². The molecular formula is C5H11P. The molecule has 0 N–H and O–H groups in total. The van der Waals surface area contributed by atoms with E-state index in [0.29, 0.717) is 0 Å². The molecule has 1 aliphatic carbocycles. The molecule has 0 aromatic carbocycles. The molecule has 1 rings (SSSR count). The minimum atomic E-state index is 1.14. The summed E-state index contributed by atoms with van der Waals surface area (Å²) in [6, 6.07) is 0. The van der Waals surface area contributed by atoms with Gasteiger partial charge in [0, 0.05) is 0 Å². The Labute approximate surface area is 41.1 Å². The van der Waals surface area contributed by atoms with Crippen molar-refractivity contribution in [2.45, 2.75) is 24.9 Å². The molecule has 1 fully saturated rings. The van der Waals surface area contributed by atoms with Crippen LogP contribution in [-0.2, 0) is 0 Å². The molecule has 1 atom stereocenters. The molecule has 0 heterocycles. The minimum Gasteiger partial charge on any atom is -0.122 e. The number of rotatable bonds is 1. The third-order valence-corrected chi connectivity index (χ3v) is 2.91. The fraction of sp³-hybridized carbons (Fsp3) is 1.00. The molecule has 0 nitrogen and oxygen atoms in total. The van der Waals surface area contributed by atoms with Crippen LogP contribution in [0.15, 0.2) is 0 Å². The Morgan fingerprint density at radius 2 is 2.17 bits per heavy atom. The maximum Gasteiger partial charge on any atom is -0.0239 e. The summed E-state index contributed by atoms with van der Waals surface area (Å²) in [6.07, 6.45) is 4.55. The molecule has 1 heteroatoms. The normalized spacial score (nSPS) is 25.5. The first-order valence-electron chi connectivity index (χ1n) is 2.61. The summed E-state index contributed by atoms with van der Waals surface area (Å²) in [4.78, 5) is 0. The summed E-state index contributed by atoms with van der Waals surface area (Å²) in [7, 11) is 1.22. The second-order valence-corrected chi connectivity index (χ2v) is 3.31. The molecule has 1 unspecified atom stereocenters. The van der Waals surface area contributed by atoms with Gasteiger partial charge in [-0.05, 0) is 25.2 Å². The molecule has 36 valence electrons. The van der Waals surface area contributed by atoms with E-state index in [9.17, 15) is 0 Å². The van der Waals surface area contributed by atoms with Crippen molar-refractivity contribution in [1.82, 2.24) is 0 Å². The van der Waals surface area contributed by atoms with Gasteiger partial charge in [-0.1, -0.05) is 6.42 Å². The topological polar surface area (TPSA) is 0 Å². The summed E-state index contributed by atoms with van der Waals surface area (Å²) in [5, 5.41) is 0. The highest BCUT2D eigenvalue weighted by Crippen LogP contribution is 2.32. The van der Waals surface area contributed by atoms with E-state index < -0.39 is 0 Å². The molecule has 0 aromatic rings. The zero-order chi connectivity index (χ0) is 4.41. The minimum absolute atomic E-state index is 1.14. The van der Waals surface area contributed by atoms with Gasteiger partial charge in [-0.15, -0.1) is 8.58 Å². The van der Waals surface area contributed by atoms with Crippen molar-refractivity contribution < 1.29 is 0 Å². The van der Waals surface area contributed by atoms with E-state index in [4.69, 9.17) is 0 Å². The Morgan fingerprint density at radius 3 is 2.17 bits per heavy atom. The summed E-state index contributed by atoms with van der Waals surface area (Å²) in [6.45, 7) is 2.31. The van der Waals surface area contributed by atoms with Crippen molar-refractivity contribution >= 4 is 8.58 Å². The zero-order valence-electron chi connectivity index (χ0n) is 4.20. The standard InChI is InChI=1S/C5H11P/c1-6-5-3-2-4-5/h5-6H,2-4H2,1H3. The average Bonchev–Trinajstić information content (AvgIpc) is 1.31. The van der Waals surface area contributed by atoms with Crippen LogP contribution in [0.2, 0.25) is 0 Å². The number of hydrogen-bond donors (Lipinski definition) is 0. The highest BCUT2D eigenvalue weighted by Gasteiger charge is 2.13. The van der Waals surface area contributed by atoms with E-state index >= 15 is 0 Å². The largest absolute Gasteiger partial charge is 0.122 e. The van der Waals surface area contributed by atoms with E-state index in [1.165, 1.54) is 27.8 Å². The fourth-order valence-electron chi connectivity index (χ4n) is 0.697. The smallest absolute Gasteiger partial charge is 0.0239 e. The van der Waals surface area contributed by atoms with E-state index in [-0.39, 0.29) is 0 Å². The maximum atomic E-state index is 2.31. The third-order valence-electron chi connectivity index (χ3n) is 1.51. The quantitative estimate of drug-likeness (QED) is 0.443. The molecule has 0 bridgehead atoms. The molecule has 0 aliphatic heterocycles. The van der Waals surface area contributed by atoms with Crippen molar-refractivity contribution in [3.8, 4) is 0 Å². The van der Waals surface area contributed by atoms with E-state index in [1.807, 2.05) is 0 Å².